The van der Waals surface area contributed by atoms with E-state index in [9.17, 15) is 29.4 Å². The van der Waals surface area contributed by atoms with Gasteiger partial charge in [-0.3, -0.25) is 14.6 Å². The topological polar surface area (TPSA) is 164 Å². The van der Waals surface area contributed by atoms with E-state index in [-0.39, 0.29) is 24.8 Å². The molecule has 0 unspecified atom stereocenters. The van der Waals surface area contributed by atoms with Crippen molar-refractivity contribution in [3.8, 4) is 11.3 Å². The Morgan fingerprint density at radius 2 is 1.34 bits per heavy atom. The number of hydrogen-bond donors (Lipinski definition) is 5. The molecule has 2 heterocycles. The molecular formula is C47H60N6O6. The fourth-order valence-corrected chi connectivity index (χ4v) is 7.67. The minimum atomic E-state index is -1.32. The summed E-state index contributed by atoms with van der Waals surface area (Å²) in [5.74, 6) is -0.909. The van der Waals surface area contributed by atoms with Crippen LogP contribution in [0.2, 0.25) is 0 Å². The van der Waals surface area contributed by atoms with E-state index in [0.29, 0.717) is 26.1 Å². The van der Waals surface area contributed by atoms with Crippen molar-refractivity contribution in [2.75, 3.05) is 13.1 Å². The van der Waals surface area contributed by atoms with Crippen LogP contribution in [0.25, 0.3) is 11.3 Å². The van der Waals surface area contributed by atoms with Gasteiger partial charge in [-0.2, -0.15) is 0 Å². The number of aliphatic hydroxyl groups excluding tert-OH is 1. The van der Waals surface area contributed by atoms with Crippen molar-refractivity contribution >= 4 is 23.9 Å². The van der Waals surface area contributed by atoms with E-state index in [4.69, 9.17) is 0 Å². The third kappa shape index (κ3) is 12.4. The van der Waals surface area contributed by atoms with Gasteiger partial charge in [0.2, 0.25) is 11.8 Å². The van der Waals surface area contributed by atoms with Gasteiger partial charge in [-0.25, -0.2) is 9.59 Å². The molecule has 0 bridgehead atoms. The van der Waals surface area contributed by atoms with Gasteiger partial charge >= 0.3 is 12.1 Å². The number of pyridine rings is 1. The zero-order valence-electron chi connectivity index (χ0n) is 35.3. The lowest BCUT2D eigenvalue weighted by molar-refractivity contribution is -0.131. The molecule has 4 aromatic rings. The average molecular weight is 805 g/mol. The number of nitrogens with one attached hydrogen (secondary N) is 3. The van der Waals surface area contributed by atoms with Crippen LogP contribution in [0.1, 0.15) is 70.2 Å². The molecule has 12 nitrogen and oxygen atoms in total. The summed E-state index contributed by atoms with van der Waals surface area (Å²) in [6.45, 7) is 14.4. The summed E-state index contributed by atoms with van der Waals surface area (Å²) < 4.78 is 0. The van der Waals surface area contributed by atoms with Crippen LogP contribution in [0.15, 0.2) is 103 Å². The summed E-state index contributed by atoms with van der Waals surface area (Å²) in [5, 5.41) is 30.4. The van der Waals surface area contributed by atoms with Crippen molar-refractivity contribution in [3.63, 3.8) is 0 Å². The molecule has 0 aliphatic carbocycles. The largest absolute Gasteiger partial charge is 0.465 e. The molecule has 314 valence electrons. The molecule has 1 saturated heterocycles. The van der Waals surface area contributed by atoms with Crippen molar-refractivity contribution in [3.05, 3.63) is 126 Å². The quantitative estimate of drug-likeness (QED) is 0.0853. The zero-order valence-corrected chi connectivity index (χ0v) is 35.3. The van der Waals surface area contributed by atoms with Gasteiger partial charge in [0.15, 0.2) is 0 Å². The monoisotopic (exact) mass is 804 g/mol. The van der Waals surface area contributed by atoms with Gasteiger partial charge < -0.3 is 36.0 Å². The molecule has 0 saturated carbocycles. The Balaban J connectivity index is 1.41. The number of nitrogens with zero attached hydrogens (tertiary/aromatic N) is 3. The van der Waals surface area contributed by atoms with Gasteiger partial charge in [-0.1, -0.05) is 133 Å². The van der Waals surface area contributed by atoms with E-state index in [1.54, 1.807) is 30.6 Å². The minimum absolute atomic E-state index is 0.0302. The summed E-state index contributed by atoms with van der Waals surface area (Å²) in [7, 11) is 0. The van der Waals surface area contributed by atoms with Crippen LogP contribution in [-0.4, -0.2) is 92.3 Å². The summed E-state index contributed by atoms with van der Waals surface area (Å²) in [4.78, 5) is 62.0. The fraction of sp³-hybridized carbons (Fsp3) is 0.426. The molecule has 5 atom stereocenters. The molecule has 59 heavy (non-hydrogen) atoms. The maximum atomic E-state index is 14.5. The number of aromatic nitrogens is 1. The van der Waals surface area contributed by atoms with Gasteiger partial charge in [0.25, 0.3) is 0 Å². The van der Waals surface area contributed by atoms with Crippen LogP contribution in [0.3, 0.4) is 0 Å². The highest BCUT2D eigenvalue weighted by Crippen LogP contribution is 2.29. The van der Waals surface area contributed by atoms with Crippen LogP contribution in [0.4, 0.5) is 9.59 Å². The molecule has 5 rings (SSSR count). The molecule has 5 amide bonds. The van der Waals surface area contributed by atoms with E-state index >= 15 is 0 Å². The van der Waals surface area contributed by atoms with E-state index < -0.39 is 53.1 Å². The van der Waals surface area contributed by atoms with Gasteiger partial charge in [-0.15, -0.1) is 0 Å². The van der Waals surface area contributed by atoms with Crippen molar-refractivity contribution in [2.45, 2.75) is 105 Å². The van der Waals surface area contributed by atoms with Crippen LogP contribution in [0.5, 0.6) is 0 Å². The molecule has 0 radical (unpaired) electrons. The number of aliphatic hydroxyl groups is 1. The van der Waals surface area contributed by atoms with Crippen LogP contribution in [0, 0.1) is 17.8 Å². The Bertz CT molecular complexity index is 2010. The summed E-state index contributed by atoms with van der Waals surface area (Å²) in [6, 6.07) is 27.4. The highest BCUT2D eigenvalue weighted by molar-refractivity contribution is 5.89. The number of rotatable bonds is 16. The van der Waals surface area contributed by atoms with Gasteiger partial charge in [0.1, 0.15) is 12.1 Å². The highest BCUT2D eigenvalue weighted by atomic mass is 16.4. The summed E-state index contributed by atoms with van der Waals surface area (Å²) >= 11 is 0. The van der Waals surface area contributed by atoms with Crippen LogP contribution >= 0.6 is 0 Å². The fourth-order valence-electron chi connectivity index (χ4n) is 7.67. The Kier molecular flexibility index (Phi) is 14.5. The Hall–Kier alpha value is -5.75. The first kappa shape index (κ1) is 44.4. The standard InChI is InChI=1S/C47H60N6O6/c1-31-18-23-37(48-29-31)35-21-19-33(20-22-35)26-36(49-42(55)40(46(2,3)4)51-44(57)58)28-39(54)38(27-32-14-10-8-11-15-32)50-43(56)41(47(5,6)7)53-25-24-52(45(53)59)30-34-16-12-9-13-17-34/h8-23,29,36,38-41,51,54H,24-28,30H2,1-7H3,(H,49,55)(H,50,56)(H,57,58)/t36-,38-,39-,40+,41+/m0/s1. The predicted molar refractivity (Wildman–Crippen MR) is 229 cm³/mol. The first-order valence-corrected chi connectivity index (χ1v) is 20.3. The maximum absolute atomic E-state index is 14.5. The lowest BCUT2D eigenvalue weighted by Gasteiger charge is -2.38. The van der Waals surface area contributed by atoms with E-state index in [0.717, 1.165) is 33.5 Å². The number of carbonyl (C=O) groups is 4. The molecule has 0 spiro atoms. The zero-order chi connectivity index (χ0) is 42.9. The highest BCUT2D eigenvalue weighted by Gasteiger charge is 2.44. The third-order valence-electron chi connectivity index (χ3n) is 10.7. The second-order valence-corrected chi connectivity index (χ2v) is 17.8. The molecule has 5 N–H and O–H groups in total. The van der Waals surface area contributed by atoms with E-state index in [1.807, 2.05) is 131 Å². The first-order chi connectivity index (χ1) is 27.9. The lowest BCUT2D eigenvalue weighted by Crippen LogP contribution is -2.59. The smallest absolute Gasteiger partial charge is 0.405 e. The second-order valence-electron chi connectivity index (χ2n) is 17.8. The molecule has 1 aliphatic rings. The van der Waals surface area contributed by atoms with Crippen molar-refractivity contribution in [1.82, 2.24) is 30.7 Å². The van der Waals surface area contributed by atoms with Gasteiger partial charge in [0, 0.05) is 37.4 Å². The van der Waals surface area contributed by atoms with Crippen LogP contribution in [-0.2, 0) is 29.0 Å². The number of hydrogen-bond acceptors (Lipinski definition) is 6. The number of benzene rings is 3. The summed E-state index contributed by atoms with van der Waals surface area (Å²) in [6.07, 6.45) is -0.0538. The summed E-state index contributed by atoms with van der Waals surface area (Å²) in [5.41, 5.74) is 4.15. The number of aryl methyl sites for hydroxylation is 1. The lowest BCUT2D eigenvalue weighted by atomic mass is 9.84. The Morgan fingerprint density at radius 1 is 0.729 bits per heavy atom. The minimum Gasteiger partial charge on any atom is -0.465 e. The second kappa shape index (κ2) is 19.3. The average Bonchev–Trinajstić information content (AvgIpc) is 3.51. The van der Waals surface area contributed by atoms with Crippen molar-refractivity contribution < 1.29 is 29.4 Å². The molecule has 1 aromatic heterocycles. The molecule has 1 aliphatic heterocycles. The number of carbonyl (C=O) groups excluding carboxylic acids is 3. The van der Waals surface area contributed by atoms with Crippen molar-refractivity contribution in [2.24, 2.45) is 10.8 Å². The number of carboxylic acid groups (broad SMARTS) is 1. The van der Waals surface area contributed by atoms with E-state index in [2.05, 4.69) is 20.9 Å². The van der Waals surface area contributed by atoms with Crippen molar-refractivity contribution in [1.29, 1.82) is 0 Å². The Morgan fingerprint density at radius 3 is 1.90 bits per heavy atom. The van der Waals surface area contributed by atoms with Gasteiger partial charge in [-0.05, 0) is 65.3 Å². The van der Waals surface area contributed by atoms with Crippen LogP contribution < -0.4 is 16.0 Å². The normalized spacial score (nSPS) is 15.8. The molecular weight excluding hydrogens is 745 g/mol. The number of amides is 5. The predicted octanol–water partition coefficient (Wildman–Crippen LogP) is 6.60. The van der Waals surface area contributed by atoms with Gasteiger partial charge in [0.05, 0.1) is 17.8 Å². The Labute approximate surface area is 348 Å². The van der Waals surface area contributed by atoms with E-state index in [1.165, 1.54) is 0 Å². The first-order valence-electron chi connectivity index (χ1n) is 20.3. The SMILES string of the molecule is Cc1ccc(-c2ccc(C[C@@H](C[C@H](O)[C@H](Cc3ccccc3)NC(=O)[C@@H](N3CCN(Cc4ccccc4)C3=O)C(C)(C)C)NC(=O)[C@@H](NC(=O)O)C(C)(C)C)cc2)nc1. The molecule has 1 fully saturated rings. The molecule has 12 heteroatoms. The third-order valence-corrected chi connectivity index (χ3v) is 10.7. The maximum Gasteiger partial charge on any atom is 0.405 e. The molecule has 3 aromatic carbocycles. The number of urea groups is 1.